The van der Waals surface area contributed by atoms with Crippen LogP contribution in [0.15, 0.2) is 11.8 Å². The third-order valence-electron chi connectivity index (χ3n) is 2.12. The molecule has 0 atom stereocenters. The lowest BCUT2D eigenvalue weighted by Gasteiger charge is -2.23. The maximum atomic E-state index is 12.0. The fourth-order valence-corrected chi connectivity index (χ4v) is 4.02. The summed E-state index contributed by atoms with van der Waals surface area (Å²) in [7, 11) is -5.71. The highest BCUT2D eigenvalue weighted by Gasteiger charge is 2.24. The molecule has 0 N–H and O–H groups in total. The summed E-state index contributed by atoms with van der Waals surface area (Å²) in [5.41, 5.74) is 0. The largest absolute Gasteiger partial charge is 0.547 e. The molecule has 0 aromatic heterocycles. The van der Waals surface area contributed by atoms with Crippen molar-refractivity contribution in [3.05, 3.63) is 11.8 Å². The molecule has 0 aromatic carbocycles. The molecule has 0 spiro atoms. The van der Waals surface area contributed by atoms with Crippen LogP contribution in [0.5, 0.6) is 0 Å². The van der Waals surface area contributed by atoms with Crippen LogP contribution in [-0.2, 0) is 22.9 Å². The highest BCUT2D eigenvalue weighted by Crippen LogP contribution is 2.17. The molecule has 0 amide bonds. The standard InChI is InChI=1S/C15H32O5Si3/c1-21(2,3)18-13(12-15(17)20-23(7,8)9)10-11-14(16)19-22(4,5)6/h12H,10-11H2,1-9H3/b13-12-. The van der Waals surface area contributed by atoms with E-state index in [9.17, 15) is 9.59 Å². The number of carbonyl (C=O) groups excluding carboxylic acids is 2. The molecule has 0 aliphatic carbocycles. The van der Waals surface area contributed by atoms with Gasteiger partial charge in [0, 0.05) is 6.42 Å². The summed E-state index contributed by atoms with van der Waals surface area (Å²) in [4.78, 5) is 23.9. The van der Waals surface area contributed by atoms with Gasteiger partial charge in [-0.05, 0) is 58.9 Å². The minimum Gasteiger partial charge on any atom is -0.547 e. The van der Waals surface area contributed by atoms with Crippen LogP contribution in [0.1, 0.15) is 12.8 Å². The number of hydrogen-bond donors (Lipinski definition) is 0. The van der Waals surface area contributed by atoms with E-state index in [-0.39, 0.29) is 12.4 Å². The molecule has 0 radical (unpaired) electrons. The second kappa shape index (κ2) is 8.29. The van der Waals surface area contributed by atoms with E-state index in [1.54, 1.807) is 0 Å². The van der Waals surface area contributed by atoms with Crippen LogP contribution in [0.2, 0.25) is 58.9 Å². The molecule has 0 unspecified atom stereocenters. The summed E-state index contributed by atoms with van der Waals surface area (Å²) in [6.07, 6.45) is 1.95. The molecule has 23 heavy (non-hydrogen) atoms. The number of hydrogen-bond acceptors (Lipinski definition) is 5. The SMILES string of the molecule is C[Si](C)(C)OC(=O)/C=C(/CCC(=O)O[Si](C)(C)C)O[Si](C)(C)C. The van der Waals surface area contributed by atoms with Crippen molar-refractivity contribution in [3.8, 4) is 0 Å². The van der Waals surface area contributed by atoms with Crippen molar-refractivity contribution in [2.24, 2.45) is 0 Å². The molecule has 0 aliphatic heterocycles. The molecule has 0 aliphatic rings. The molecular weight excluding hydrogens is 344 g/mol. The van der Waals surface area contributed by atoms with E-state index >= 15 is 0 Å². The summed E-state index contributed by atoms with van der Waals surface area (Å²) >= 11 is 0. The fraction of sp³-hybridized carbons (Fsp3) is 0.733. The fourth-order valence-electron chi connectivity index (χ4n) is 1.63. The minimum atomic E-state index is -1.95. The summed E-state index contributed by atoms with van der Waals surface area (Å²) in [6.45, 7) is 17.8. The van der Waals surface area contributed by atoms with E-state index in [1.165, 1.54) is 6.08 Å². The zero-order chi connectivity index (χ0) is 18.5. The summed E-state index contributed by atoms with van der Waals surface area (Å²) < 4.78 is 16.8. The average Bonchev–Trinajstić information content (AvgIpc) is 2.18. The van der Waals surface area contributed by atoms with Gasteiger partial charge in [-0.1, -0.05) is 0 Å². The van der Waals surface area contributed by atoms with Gasteiger partial charge in [-0.2, -0.15) is 0 Å². The first-order chi connectivity index (χ1) is 10.1. The maximum absolute atomic E-state index is 12.0. The normalized spacial score (nSPS) is 13.5. The highest BCUT2D eigenvalue weighted by atomic mass is 28.4. The third kappa shape index (κ3) is 14.5. The van der Waals surface area contributed by atoms with E-state index < -0.39 is 30.9 Å². The Kier molecular flexibility index (Phi) is 7.98. The van der Waals surface area contributed by atoms with Gasteiger partial charge in [0.15, 0.2) is 0 Å². The molecular formula is C15H32O5Si3. The molecule has 134 valence electrons. The summed E-state index contributed by atoms with van der Waals surface area (Å²) in [5, 5.41) is 0. The van der Waals surface area contributed by atoms with Crippen molar-refractivity contribution in [2.75, 3.05) is 0 Å². The molecule has 0 heterocycles. The molecule has 0 saturated carbocycles. The van der Waals surface area contributed by atoms with Crippen molar-refractivity contribution in [1.29, 1.82) is 0 Å². The Hall–Kier alpha value is -0.869. The van der Waals surface area contributed by atoms with Crippen molar-refractivity contribution in [1.82, 2.24) is 0 Å². The molecule has 5 nitrogen and oxygen atoms in total. The molecule has 0 bridgehead atoms. The Morgan fingerprint density at radius 1 is 0.696 bits per heavy atom. The van der Waals surface area contributed by atoms with E-state index in [4.69, 9.17) is 13.3 Å². The van der Waals surface area contributed by atoms with Gasteiger partial charge in [-0.3, -0.25) is 4.79 Å². The minimum absolute atomic E-state index is 0.209. The first-order valence-electron chi connectivity index (χ1n) is 7.92. The Balaban J connectivity index is 4.89. The lowest BCUT2D eigenvalue weighted by atomic mass is 10.2. The second-order valence-corrected chi connectivity index (χ2v) is 21.7. The van der Waals surface area contributed by atoms with E-state index in [0.29, 0.717) is 12.2 Å². The van der Waals surface area contributed by atoms with Gasteiger partial charge in [-0.15, -0.1) is 0 Å². The smallest absolute Gasteiger partial charge is 0.320 e. The molecule has 0 rings (SSSR count). The quantitative estimate of drug-likeness (QED) is 0.360. The zero-order valence-corrected chi connectivity index (χ0v) is 19.0. The first kappa shape index (κ1) is 22.1. The van der Waals surface area contributed by atoms with Crippen molar-refractivity contribution in [3.63, 3.8) is 0 Å². The predicted octanol–water partition coefficient (Wildman–Crippen LogP) is 4.26. The number of carbonyl (C=O) groups is 2. The van der Waals surface area contributed by atoms with Crippen LogP contribution in [0.3, 0.4) is 0 Å². The Morgan fingerprint density at radius 2 is 1.13 bits per heavy atom. The Bertz CT molecular complexity index is 453. The summed E-state index contributed by atoms with van der Waals surface area (Å²) in [5.74, 6) is -0.122. The van der Waals surface area contributed by atoms with Crippen LogP contribution in [0.25, 0.3) is 0 Å². The van der Waals surface area contributed by atoms with Crippen LogP contribution in [-0.4, -0.2) is 36.9 Å². The van der Waals surface area contributed by atoms with Crippen molar-refractivity contribution < 1.29 is 22.9 Å². The van der Waals surface area contributed by atoms with Gasteiger partial charge in [0.25, 0.3) is 5.97 Å². The van der Waals surface area contributed by atoms with Crippen molar-refractivity contribution >= 4 is 36.9 Å². The van der Waals surface area contributed by atoms with E-state index in [1.807, 2.05) is 58.9 Å². The number of rotatable bonds is 8. The topological polar surface area (TPSA) is 61.8 Å². The summed E-state index contributed by atoms with van der Waals surface area (Å²) in [6, 6.07) is 0. The predicted molar refractivity (Wildman–Crippen MR) is 101 cm³/mol. The maximum Gasteiger partial charge on any atom is 0.320 e. The Labute approximate surface area is 143 Å². The molecule has 8 heteroatoms. The van der Waals surface area contributed by atoms with Gasteiger partial charge in [-0.25, -0.2) is 4.79 Å². The van der Waals surface area contributed by atoms with Gasteiger partial charge < -0.3 is 13.3 Å². The molecule has 0 aromatic rings. The monoisotopic (exact) mass is 376 g/mol. The van der Waals surface area contributed by atoms with Gasteiger partial charge in [0.1, 0.15) is 0 Å². The third-order valence-corrected chi connectivity index (χ3v) is 4.65. The zero-order valence-electron chi connectivity index (χ0n) is 16.0. The van der Waals surface area contributed by atoms with Crippen LogP contribution >= 0.6 is 0 Å². The lowest BCUT2D eigenvalue weighted by molar-refractivity contribution is -0.135. The lowest BCUT2D eigenvalue weighted by Crippen LogP contribution is -2.30. The Morgan fingerprint density at radius 3 is 1.52 bits per heavy atom. The van der Waals surface area contributed by atoms with Gasteiger partial charge in [0.05, 0.1) is 18.3 Å². The second-order valence-electron chi connectivity index (χ2n) is 8.44. The van der Waals surface area contributed by atoms with Crippen molar-refractivity contribution in [2.45, 2.75) is 71.8 Å². The van der Waals surface area contributed by atoms with E-state index in [0.717, 1.165) is 0 Å². The number of allylic oxidation sites excluding steroid dienone is 1. The first-order valence-corrected chi connectivity index (χ1v) is 18.1. The van der Waals surface area contributed by atoms with Crippen LogP contribution < -0.4 is 0 Å². The van der Waals surface area contributed by atoms with E-state index in [2.05, 4.69) is 0 Å². The van der Waals surface area contributed by atoms with Crippen LogP contribution in [0, 0.1) is 0 Å². The molecule has 0 saturated heterocycles. The average molecular weight is 377 g/mol. The highest BCUT2D eigenvalue weighted by molar-refractivity contribution is 6.71. The molecule has 0 fully saturated rings. The van der Waals surface area contributed by atoms with Crippen LogP contribution in [0.4, 0.5) is 0 Å². The van der Waals surface area contributed by atoms with Gasteiger partial charge >= 0.3 is 5.97 Å². The van der Waals surface area contributed by atoms with Gasteiger partial charge in [0.2, 0.25) is 25.0 Å².